The average Bonchev–Trinajstić information content (AvgIpc) is 2.53. The Hall–Kier alpha value is -2.40. The fraction of sp³-hybridized carbons (Fsp3) is 0.368. The van der Waals surface area contributed by atoms with Crippen molar-refractivity contribution in [3.8, 4) is 0 Å². The Balaban J connectivity index is 1.91. The predicted octanol–water partition coefficient (Wildman–Crippen LogP) is 2.53. The highest BCUT2D eigenvalue weighted by Gasteiger charge is 2.22. The van der Waals surface area contributed by atoms with Gasteiger partial charge in [0, 0.05) is 19.3 Å². The van der Waals surface area contributed by atoms with Crippen LogP contribution in [0.1, 0.15) is 22.7 Å². The Bertz CT molecular complexity index is 685. The molecule has 0 fully saturated rings. The van der Waals surface area contributed by atoms with Gasteiger partial charge in [-0.1, -0.05) is 35.9 Å². The van der Waals surface area contributed by atoms with E-state index >= 15 is 0 Å². The van der Waals surface area contributed by atoms with Crippen LogP contribution in [0.4, 0.5) is 5.82 Å². The molecule has 2 rings (SSSR count). The SMILES string of the molecule is Cc1cccc([C@H](C(=O)NCCNc2ncccc2C)N(C)C)c1. The summed E-state index contributed by atoms with van der Waals surface area (Å²) in [7, 11) is 3.84. The second-order valence-electron chi connectivity index (χ2n) is 6.17. The summed E-state index contributed by atoms with van der Waals surface area (Å²) in [6.45, 7) is 5.23. The first-order chi connectivity index (χ1) is 11.5. The van der Waals surface area contributed by atoms with E-state index in [0.29, 0.717) is 13.1 Å². The standard InChI is InChI=1S/C19H26N4O/c1-14-7-5-9-16(13-14)17(23(3)4)19(24)22-12-11-21-18-15(2)8-6-10-20-18/h5-10,13,17H,11-12H2,1-4H3,(H,20,21)(H,22,24)/t17-/m1/s1. The molecule has 5 heteroatoms. The number of aromatic nitrogens is 1. The summed E-state index contributed by atoms with van der Waals surface area (Å²) in [5.41, 5.74) is 3.25. The number of nitrogens with zero attached hydrogens (tertiary/aromatic N) is 2. The number of amides is 1. The summed E-state index contributed by atoms with van der Waals surface area (Å²) in [4.78, 5) is 18.8. The molecular weight excluding hydrogens is 300 g/mol. The first-order valence-corrected chi connectivity index (χ1v) is 8.15. The average molecular weight is 326 g/mol. The van der Waals surface area contributed by atoms with Crippen molar-refractivity contribution in [1.29, 1.82) is 0 Å². The van der Waals surface area contributed by atoms with Crippen LogP contribution in [0.25, 0.3) is 0 Å². The van der Waals surface area contributed by atoms with Crippen LogP contribution in [-0.4, -0.2) is 43.0 Å². The summed E-state index contributed by atoms with van der Waals surface area (Å²) < 4.78 is 0. The van der Waals surface area contributed by atoms with Crippen molar-refractivity contribution in [3.05, 3.63) is 59.3 Å². The zero-order valence-electron chi connectivity index (χ0n) is 14.8. The Morgan fingerprint density at radius 1 is 1.17 bits per heavy atom. The molecule has 1 heterocycles. The highest BCUT2D eigenvalue weighted by atomic mass is 16.2. The van der Waals surface area contributed by atoms with Crippen LogP contribution in [0.15, 0.2) is 42.6 Å². The Labute approximate surface area is 144 Å². The normalized spacial score (nSPS) is 12.0. The molecule has 24 heavy (non-hydrogen) atoms. The Morgan fingerprint density at radius 3 is 2.62 bits per heavy atom. The number of anilines is 1. The third-order valence-corrected chi connectivity index (χ3v) is 3.85. The van der Waals surface area contributed by atoms with E-state index in [1.807, 2.05) is 63.2 Å². The molecule has 0 spiro atoms. The number of carbonyl (C=O) groups is 1. The molecule has 2 N–H and O–H groups in total. The second kappa shape index (κ2) is 8.45. The Morgan fingerprint density at radius 2 is 1.96 bits per heavy atom. The van der Waals surface area contributed by atoms with Crippen molar-refractivity contribution in [1.82, 2.24) is 15.2 Å². The van der Waals surface area contributed by atoms with Gasteiger partial charge in [0.15, 0.2) is 0 Å². The van der Waals surface area contributed by atoms with Crippen LogP contribution in [0, 0.1) is 13.8 Å². The van der Waals surface area contributed by atoms with Crippen molar-refractivity contribution < 1.29 is 4.79 Å². The topological polar surface area (TPSA) is 57.3 Å². The molecule has 0 saturated heterocycles. The minimum Gasteiger partial charge on any atom is -0.368 e. The van der Waals surface area contributed by atoms with Gasteiger partial charge in [0.1, 0.15) is 11.9 Å². The van der Waals surface area contributed by atoms with Crippen LogP contribution in [0.5, 0.6) is 0 Å². The van der Waals surface area contributed by atoms with Gasteiger partial charge in [-0.25, -0.2) is 4.98 Å². The van der Waals surface area contributed by atoms with E-state index in [1.165, 1.54) is 0 Å². The van der Waals surface area contributed by atoms with E-state index in [2.05, 4.69) is 21.7 Å². The number of hydrogen-bond donors (Lipinski definition) is 2. The first-order valence-electron chi connectivity index (χ1n) is 8.15. The second-order valence-corrected chi connectivity index (χ2v) is 6.17. The van der Waals surface area contributed by atoms with Gasteiger partial charge in [-0.2, -0.15) is 0 Å². The summed E-state index contributed by atoms with van der Waals surface area (Å²) in [6, 6.07) is 11.7. The summed E-state index contributed by atoms with van der Waals surface area (Å²) in [5.74, 6) is 0.861. The number of nitrogens with one attached hydrogen (secondary N) is 2. The van der Waals surface area contributed by atoms with Gasteiger partial charge < -0.3 is 10.6 Å². The van der Waals surface area contributed by atoms with Crippen molar-refractivity contribution >= 4 is 11.7 Å². The maximum Gasteiger partial charge on any atom is 0.242 e. The fourth-order valence-electron chi connectivity index (χ4n) is 2.66. The van der Waals surface area contributed by atoms with E-state index in [9.17, 15) is 4.79 Å². The number of rotatable bonds is 7. The van der Waals surface area contributed by atoms with Crippen molar-refractivity contribution in [3.63, 3.8) is 0 Å². The van der Waals surface area contributed by atoms with Crippen LogP contribution >= 0.6 is 0 Å². The molecule has 128 valence electrons. The van der Waals surface area contributed by atoms with Crippen LogP contribution in [0.3, 0.4) is 0 Å². The summed E-state index contributed by atoms with van der Waals surface area (Å²) in [6.07, 6.45) is 1.76. The van der Waals surface area contributed by atoms with Crippen LogP contribution < -0.4 is 10.6 Å². The van der Waals surface area contributed by atoms with E-state index in [0.717, 1.165) is 22.5 Å². The van der Waals surface area contributed by atoms with Gasteiger partial charge in [0.2, 0.25) is 5.91 Å². The van der Waals surface area contributed by atoms with Crippen molar-refractivity contribution in [2.24, 2.45) is 0 Å². The highest BCUT2D eigenvalue weighted by molar-refractivity contribution is 5.83. The van der Waals surface area contributed by atoms with Crippen molar-refractivity contribution in [2.75, 3.05) is 32.5 Å². The quantitative estimate of drug-likeness (QED) is 0.768. The molecule has 1 amide bonds. The largest absolute Gasteiger partial charge is 0.368 e. The molecule has 0 saturated carbocycles. The number of hydrogen-bond acceptors (Lipinski definition) is 4. The number of benzene rings is 1. The molecule has 1 aromatic heterocycles. The molecular formula is C19H26N4O. The molecule has 1 aromatic carbocycles. The zero-order valence-corrected chi connectivity index (χ0v) is 14.8. The van der Waals surface area contributed by atoms with E-state index < -0.39 is 0 Å². The molecule has 2 aromatic rings. The lowest BCUT2D eigenvalue weighted by Crippen LogP contribution is -2.39. The first kappa shape index (κ1) is 17.9. The van der Waals surface area contributed by atoms with E-state index in [-0.39, 0.29) is 11.9 Å². The number of aryl methyl sites for hydroxylation is 2. The number of likely N-dealkylation sites (N-methyl/N-ethyl adjacent to an activating group) is 1. The monoisotopic (exact) mass is 326 g/mol. The van der Waals surface area contributed by atoms with Crippen LogP contribution in [-0.2, 0) is 4.79 Å². The molecule has 0 bridgehead atoms. The molecule has 5 nitrogen and oxygen atoms in total. The molecule has 1 atom stereocenters. The molecule has 0 aliphatic heterocycles. The number of carbonyl (C=O) groups excluding carboxylic acids is 1. The Kier molecular flexibility index (Phi) is 6.32. The van der Waals surface area contributed by atoms with Crippen LogP contribution in [0.2, 0.25) is 0 Å². The summed E-state index contributed by atoms with van der Waals surface area (Å²) in [5, 5.41) is 6.25. The number of pyridine rings is 1. The highest BCUT2D eigenvalue weighted by Crippen LogP contribution is 2.19. The van der Waals surface area contributed by atoms with Gasteiger partial charge in [0.25, 0.3) is 0 Å². The molecule has 0 aliphatic carbocycles. The lowest BCUT2D eigenvalue weighted by Gasteiger charge is -2.24. The smallest absolute Gasteiger partial charge is 0.242 e. The lowest BCUT2D eigenvalue weighted by atomic mass is 10.0. The lowest BCUT2D eigenvalue weighted by molar-refractivity contribution is -0.125. The van der Waals surface area contributed by atoms with E-state index in [1.54, 1.807) is 6.20 Å². The zero-order chi connectivity index (χ0) is 17.5. The molecule has 0 unspecified atom stereocenters. The maximum atomic E-state index is 12.6. The third kappa shape index (κ3) is 4.80. The van der Waals surface area contributed by atoms with Gasteiger partial charge >= 0.3 is 0 Å². The third-order valence-electron chi connectivity index (χ3n) is 3.85. The summed E-state index contributed by atoms with van der Waals surface area (Å²) >= 11 is 0. The van der Waals surface area contributed by atoms with Gasteiger partial charge in [-0.05, 0) is 45.1 Å². The fourth-order valence-corrected chi connectivity index (χ4v) is 2.66. The minimum absolute atomic E-state index is 0.00476. The van der Waals surface area contributed by atoms with E-state index in [4.69, 9.17) is 0 Å². The molecule has 0 aliphatic rings. The predicted molar refractivity (Wildman–Crippen MR) is 98.1 cm³/mol. The van der Waals surface area contributed by atoms with Crippen molar-refractivity contribution in [2.45, 2.75) is 19.9 Å². The van der Waals surface area contributed by atoms with Gasteiger partial charge in [-0.3, -0.25) is 9.69 Å². The minimum atomic E-state index is -0.290. The van der Waals surface area contributed by atoms with Gasteiger partial charge in [-0.15, -0.1) is 0 Å². The maximum absolute atomic E-state index is 12.6. The molecule has 0 radical (unpaired) electrons. The van der Waals surface area contributed by atoms with Gasteiger partial charge in [0.05, 0.1) is 0 Å².